The van der Waals surface area contributed by atoms with Crippen molar-refractivity contribution in [3.8, 4) is 11.4 Å². The van der Waals surface area contributed by atoms with E-state index in [1.54, 1.807) is 24.3 Å². The first kappa shape index (κ1) is 23.6. The summed E-state index contributed by atoms with van der Waals surface area (Å²) in [6.45, 7) is 4.15. The van der Waals surface area contributed by atoms with Crippen molar-refractivity contribution in [1.29, 1.82) is 0 Å². The van der Waals surface area contributed by atoms with Gasteiger partial charge >= 0.3 is 0 Å². The van der Waals surface area contributed by atoms with E-state index in [1.807, 2.05) is 41.8 Å². The Kier molecular flexibility index (Phi) is 7.59. The number of morpholine rings is 1. The van der Waals surface area contributed by atoms with Crippen molar-refractivity contribution in [2.24, 2.45) is 0 Å². The molecule has 10 heteroatoms. The summed E-state index contributed by atoms with van der Waals surface area (Å²) in [4.78, 5) is 12.6. The Morgan fingerprint density at radius 2 is 1.73 bits per heavy atom. The van der Waals surface area contributed by atoms with Gasteiger partial charge in [-0.25, -0.2) is 8.42 Å². The maximum atomic E-state index is 12.8. The molecular formula is C23H26N4O4S2. The summed E-state index contributed by atoms with van der Waals surface area (Å²) in [6.07, 6.45) is 0.389. The van der Waals surface area contributed by atoms with E-state index in [0.29, 0.717) is 56.0 Å². The molecule has 0 aliphatic carbocycles. The van der Waals surface area contributed by atoms with Crippen LogP contribution in [0.5, 0.6) is 0 Å². The van der Waals surface area contributed by atoms with E-state index in [-0.39, 0.29) is 10.7 Å². The maximum absolute atomic E-state index is 12.8. The number of rotatable bonds is 9. The molecule has 4 rings (SSSR count). The van der Waals surface area contributed by atoms with Gasteiger partial charge in [0, 0.05) is 31.6 Å². The molecule has 0 saturated carbocycles. The lowest BCUT2D eigenvalue weighted by Gasteiger charge is -2.26. The molecule has 1 aliphatic heterocycles. The Morgan fingerprint density at radius 1 is 1.03 bits per heavy atom. The summed E-state index contributed by atoms with van der Waals surface area (Å²) in [5.41, 5.74) is 1.76. The fraction of sp³-hybridized carbons (Fsp3) is 0.348. The van der Waals surface area contributed by atoms with Crippen molar-refractivity contribution in [2.45, 2.75) is 29.9 Å². The first-order valence-electron chi connectivity index (χ1n) is 10.8. The third-order valence-electron chi connectivity index (χ3n) is 5.36. The van der Waals surface area contributed by atoms with Gasteiger partial charge in [-0.1, -0.05) is 42.1 Å². The molecule has 2 aromatic carbocycles. The van der Waals surface area contributed by atoms with Gasteiger partial charge in [0.05, 0.1) is 23.9 Å². The van der Waals surface area contributed by atoms with Gasteiger partial charge < -0.3 is 9.30 Å². The van der Waals surface area contributed by atoms with Crippen LogP contribution < -0.4 is 0 Å². The second-order valence-corrected chi connectivity index (χ2v) is 10.5. The average molecular weight is 487 g/mol. The number of benzene rings is 2. The topological polar surface area (TPSA) is 94.4 Å². The van der Waals surface area contributed by atoms with Gasteiger partial charge in [0.25, 0.3) is 0 Å². The van der Waals surface area contributed by atoms with Gasteiger partial charge in [0.1, 0.15) is 5.78 Å². The van der Waals surface area contributed by atoms with Crippen molar-refractivity contribution in [3.05, 3.63) is 60.2 Å². The second kappa shape index (κ2) is 10.6. The molecule has 0 unspecified atom stereocenters. The SMILES string of the molecule is CCn1c(SCC(=O)Cc2ccccc2)nnc1-c1ccc(S(=O)(=O)N2CCOCC2)cc1. The van der Waals surface area contributed by atoms with Gasteiger partial charge in [-0.15, -0.1) is 10.2 Å². The maximum Gasteiger partial charge on any atom is 0.243 e. The van der Waals surface area contributed by atoms with E-state index < -0.39 is 10.0 Å². The van der Waals surface area contributed by atoms with Crippen molar-refractivity contribution in [1.82, 2.24) is 19.1 Å². The lowest BCUT2D eigenvalue weighted by Crippen LogP contribution is -2.40. The molecule has 1 fully saturated rings. The zero-order chi connectivity index (χ0) is 23.3. The number of ketones is 1. The van der Waals surface area contributed by atoms with Gasteiger partial charge in [0.2, 0.25) is 10.0 Å². The predicted molar refractivity (Wildman–Crippen MR) is 127 cm³/mol. The van der Waals surface area contributed by atoms with Crippen molar-refractivity contribution in [3.63, 3.8) is 0 Å². The quantitative estimate of drug-likeness (QED) is 0.429. The molecule has 0 bridgehead atoms. The van der Waals surface area contributed by atoms with Crippen LogP contribution in [0, 0.1) is 0 Å². The number of carbonyl (C=O) groups is 1. The molecule has 33 heavy (non-hydrogen) atoms. The Balaban J connectivity index is 1.45. The first-order chi connectivity index (χ1) is 16.0. The molecule has 2 heterocycles. The van der Waals surface area contributed by atoms with Crippen molar-refractivity contribution in [2.75, 3.05) is 32.1 Å². The van der Waals surface area contributed by atoms with Crippen LogP contribution >= 0.6 is 11.8 Å². The predicted octanol–water partition coefficient (Wildman–Crippen LogP) is 2.89. The first-order valence-corrected chi connectivity index (χ1v) is 13.2. The summed E-state index contributed by atoms with van der Waals surface area (Å²) < 4.78 is 34.3. The second-order valence-electron chi connectivity index (χ2n) is 7.58. The van der Waals surface area contributed by atoms with Crippen LogP contribution in [0.3, 0.4) is 0 Å². The summed E-state index contributed by atoms with van der Waals surface area (Å²) >= 11 is 1.37. The number of ether oxygens (including phenoxy) is 1. The van der Waals surface area contributed by atoms with Crippen molar-refractivity contribution >= 4 is 27.6 Å². The van der Waals surface area contributed by atoms with Gasteiger partial charge in [-0.2, -0.15) is 4.31 Å². The van der Waals surface area contributed by atoms with Crippen LogP contribution in [0.25, 0.3) is 11.4 Å². The number of hydrogen-bond donors (Lipinski definition) is 0. The smallest absolute Gasteiger partial charge is 0.243 e. The normalized spacial score (nSPS) is 14.9. The van der Waals surface area contributed by atoms with E-state index in [2.05, 4.69) is 10.2 Å². The molecule has 3 aromatic rings. The monoisotopic (exact) mass is 486 g/mol. The molecule has 1 aromatic heterocycles. The van der Waals surface area contributed by atoms with Crippen LogP contribution in [0.1, 0.15) is 12.5 Å². The summed E-state index contributed by atoms with van der Waals surface area (Å²) in [6, 6.07) is 16.4. The van der Waals surface area contributed by atoms with Crippen LogP contribution in [0.4, 0.5) is 0 Å². The van der Waals surface area contributed by atoms with Gasteiger partial charge in [-0.3, -0.25) is 4.79 Å². The number of thioether (sulfide) groups is 1. The van der Waals surface area contributed by atoms with Crippen LogP contribution in [-0.2, 0) is 32.5 Å². The molecule has 0 atom stereocenters. The molecular weight excluding hydrogens is 460 g/mol. The zero-order valence-electron chi connectivity index (χ0n) is 18.4. The minimum absolute atomic E-state index is 0.121. The summed E-state index contributed by atoms with van der Waals surface area (Å²) in [7, 11) is -3.55. The third kappa shape index (κ3) is 5.52. The Labute approximate surface area is 198 Å². The third-order valence-corrected chi connectivity index (χ3v) is 8.30. The fourth-order valence-corrected chi connectivity index (χ4v) is 5.90. The van der Waals surface area contributed by atoms with E-state index in [0.717, 1.165) is 11.1 Å². The van der Waals surface area contributed by atoms with E-state index in [9.17, 15) is 13.2 Å². The molecule has 8 nitrogen and oxygen atoms in total. The largest absolute Gasteiger partial charge is 0.379 e. The Hall–Kier alpha value is -2.53. The highest BCUT2D eigenvalue weighted by Gasteiger charge is 2.26. The number of hydrogen-bond acceptors (Lipinski definition) is 7. The highest BCUT2D eigenvalue weighted by atomic mass is 32.2. The summed E-state index contributed by atoms with van der Waals surface area (Å²) in [5, 5.41) is 9.24. The number of Topliss-reactive ketones (excluding diaryl/α,β-unsaturated/α-hetero) is 1. The molecule has 0 radical (unpaired) electrons. The molecule has 1 saturated heterocycles. The van der Waals surface area contributed by atoms with E-state index in [4.69, 9.17) is 4.74 Å². The lowest BCUT2D eigenvalue weighted by molar-refractivity contribution is -0.116. The minimum atomic E-state index is -3.55. The van der Waals surface area contributed by atoms with Crippen LogP contribution in [0.2, 0.25) is 0 Å². The number of nitrogens with zero attached hydrogens (tertiary/aromatic N) is 4. The lowest BCUT2D eigenvalue weighted by atomic mass is 10.1. The minimum Gasteiger partial charge on any atom is -0.379 e. The van der Waals surface area contributed by atoms with Crippen molar-refractivity contribution < 1.29 is 17.9 Å². The highest BCUT2D eigenvalue weighted by Crippen LogP contribution is 2.26. The van der Waals surface area contributed by atoms with Gasteiger partial charge in [-0.05, 0) is 36.8 Å². The number of carbonyl (C=O) groups excluding carboxylic acids is 1. The Morgan fingerprint density at radius 3 is 2.39 bits per heavy atom. The zero-order valence-corrected chi connectivity index (χ0v) is 20.0. The van der Waals surface area contributed by atoms with Gasteiger partial charge in [0.15, 0.2) is 11.0 Å². The number of sulfonamides is 1. The highest BCUT2D eigenvalue weighted by molar-refractivity contribution is 7.99. The molecule has 1 aliphatic rings. The van der Waals surface area contributed by atoms with E-state index in [1.165, 1.54) is 16.1 Å². The molecule has 0 spiro atoms. The molecule has 174 valence electrons. The standard InChI is InChI=1S/C23H26N4O4S2/c1-2-27-22(24-25-23(27)32-17-20(28)16-18-6-4-3-5-7-18)19-8-10-21(11-9-19)33(29,30)26-12-14-31-15-13-26/h3-11H,2,12-17H2,1H3. The van der Waals surface area contributed by atoms with Crippen LogP contribution in [0.15, 0.2) is 64.6 Å². The summed E-state index contributed by atoms with van der Waals surface area (Å²) in [5.74, 6) is 1.07. The average Bonchev–Trinajstić information content (AvgIpc) is 3.27. The Bertz CT molecular complexity index is 1190. The van der Waals surface area contributed by atoms with E-state index >= 15 is 0 Å². The number of aromatic nitrogens is 3. The molecule has 0 amide bonds. The fourth-order valence-electron chi connectivity index (χ4n) is 3.63. The molecule has 0 N–H and O–H groups in total. The van der Waals surface area contributed by atoms with Crippen LogP contribution in [-0.4, -0.2) is 65.3 Å².